The quantitative estimate of drug-likeness (QED) is 0.748. The van der Waals surface area contributed by atoms with Crippen molar-refractivity contribution in [3.05, 3.63) is 35.6 Å². The van der Waals surface area contributed by atoms with E-state index in [-0.39, 0.29) is 18.3 Å². The van der Waals surface area contributed by atoms with E-state index in [9.17, 15) is 14.0 Å². The van der Waals surface area contributed by atoms with Crippen LogP contribution in [0.15, 0.2) is 24.3 Å². The molecule has 1 rings (SSSR count). The van der Waals surface area contributed by atoms with E-state index in [0.29, 0.717) is 6.42 Å². The van der Waals surface area contributed by atoms with E-state index in [2.05, 4.69) is 10.6 Å². The summed E-state index contributed by atoms with van der Waals surface area (Å²) < 4.78 is 12.7. The molecule has 20 heavy (non-hydrogen) atoms. The number of aliphatic carboxylic acids is 1. The fraction of sp³-hybridized carbons (Fsp3) is 0.429. The molecule has 6 heteroatoms. The minimum atomic E-state index is -1.06. The summed E-state index contributed by atoms with van der Waals surface area (Å²) in [5.41, 5.74) is 0.734. The van der Waals surface area contributed by atoms with Gasteiger partial charge in [-0.3, -0.25) is 0 Å². The minimum absolute atomic E-state index is 0.161. The highest BCUT2D eigenvalue weighted by molar-refractivity contribution is 5.82. The van der Waals surface area contributed by atoms with Crippen LogP contribution < -0.4 is 10.6 Å². The molecule has 3 N–H and O–H groups in total. The van der Waals surface area contributed by atoms with Crippen molar-refractivity contribution >= 4 is 12.0 Å². The largest absolute Gasteiger partial charge is 0.480 e. The normalized spacial score (nSPS) is 12.0. The SMILES string of the molecule is CC(C)C[C@H](NC(=O)NCc1ccc(F)cc1)C(=O)O. The Hall–Kier alpha value is -2.11. The summed E-state index contributed by atoms with van der Waals surface area (Å²) in [6.07, 6.45) is 0.360. The van der Waals surface area contributed by atoms with Gasteiger partial charge in [-0.25, -0.2) is 14.0 Å². The van der Waals surface area contributed by atoms with Gasteiger partial charge in [-0.15, -0.1) is 0 Å². The van der Waals surface area contributed by atoms with E-state index in [1.807, 2.05) is 13.8 Å². The van der Waals surface area contributed by atoms with Crippen molar-refractivity contribution < 1.29 is 19.1 Å². The Morgan fingerprint density at radius 3 is 2.35 bits per heavy atom. The van der Waals surface area contributed by atoms with E-state index < -0.39 is 18.0 Å². The summed E-state index contributed by atoms with van der Waals surface area (Å²) in [4.78, 5) is 22.6. The van der Waals surface area contributed by atoms with Crippen molar-refractivity contribution in [2.75, 3.05) is 0 Å². The molecule has 1 aromatic carbocycles. The van der Waals surface area contributed by atoms with Crippen molar-refractivity contribution in [1.82, 2.24) is 10.6 Å². The topological polar surface area (TPSA) is 78.4 Å². The summed E-state index contributed by atoms with van der Waals surface area (Å²) in [5.74, 6) is -1.25. The molecule has 0 aliphatic rings. The molecule has 0 aliphatic heterocycles. The van der Waals surface area contributed by atoms with Crippen molar-refractivity contribution in [3.63, 3.8) is 0 Å². The number of carboxylic acids is 1. The maximum Gasteiger partial charge on any atom is 0.326 e. The lowest BCUT2D eigenvalue weighted by atomic mass is 10.0. The monoisotopic (exact) mass is 282 g/mol. The first kappa shape index (κ1) is 15.9. The van der Waals surface area contributed by atoms with Crippen molar-refractivity contribution in [3.8, 4) is 0 Å². The second-order valence-electron chi connectivity index (χ2n) is 4.97. The van der Waals surface area contributed by atoms with Crippen LogP contribution in [0.25, 0.3) is 0 Å². The van der Waals surface area contributed by atoms with Gasteiger partial charge >= 0.3 is 12.0 Å². The van der Waals surface area contributed by atoms with Crippen molar-refractivity contribution in [2.24, 2.45) is 5.92 Å². The van der Waals surface area contributed by atoms with E-state index >= 15 is 0 Å². The molecule has 0 fully saturated rings. The highest BCUT2D eigenvalue weighted by Gasteiger charge is 2.20. The Morgan fingerprint density at radius 1 is 1.25 bits per heavy atom. The fourth-order valence-corrected chi connectivity index (χ4v) is 1.69. The van der Waals surface area contributed by atoms with Gasteiger partial charge in [0.1, 0.15) is 11.9 Å². The molecule has 0 saturated heterocycles. The van der Waals surface area contributed by atoms with Crippen LogP contribution in [0.4, 0.5) is 9.18 Å². The second kappa shape index (κ2) is 7.47. The van der Waals surface area contributed by atoms with Gasteiger partial charge in [-0.05, 0) is 30.0 Å². The van der Waals surface area contributed by atoms with E-state index in [4.69, 9.17) is 5.11 Å². The van der Waals surface area contributed by atoms with Gasteiger partial charge in [0.2, 0.25) is 0 Å². The van der Waals surface area contributed by atoms with Crippen molar-refractivity contribution in [2.45, 2.75) is 32.9 Å². The minimum Gasteiger partial charge on any atom is -0.480 e. The Balaban J connectivity index is 2.45. The van der Waals surface area contributed by atoms with Crippen LogP contribution in [0, 0.1) is 11.7 Å². The Kier molecular flexibility index (Phi) is 5.96. The number of carbonyl (C=O) groups is 2. The van der Waals surface area contributed by atoms with Gasteiger partial charge in [0.25, 0.3) is 0 Å². The van der Waals surface area contributed by atoms with Crippen LogP contribution in [0.3, 0.4) is 0 Å². The molecular weight excluding hydrogens is 263 g/mol. The molecule has 0 heterocycles. The molecule has 0 spiro atoms. The molecule has 110 valence electrons. The molecule has 0 bridgehead atoms. The first-order chi connectivity index (χ1) is 9.38. The predicted molar refractivity (Wildman–Crippen MR) is 72.7 cm³/mol. The zero-order chi connectivity index (χ0) is 15.1. The van der Waals surface area contributed by atoms with Gasteiger partial charge in [0.15, 0.2) is 0 Å². The summed E-state index contributed by atoms with van der Waals surface area (Å²) in [5, 5.41) is 13.9. The fourth-order valence-electron chi connectivity index (χ4n) is 1.69. The molecule has 0 aliphatic carbocycles. The van der Waals surface area contributed by atoms with Gasteiger partial charge in [-0.1, -0.05) is 26.0 Å². The van der Waals surface area contributed by atoms with E-state index in [1.165, 1.54) is 12.1 Å². The smallest absolute Gasteiger partial charge is 0.326 e. The number of nitrogens with one attached hydrogen (secondary N) is 2. The molecular formula is C14H19FN2O3. The molecule has 1 atom stereocenters. The summed E-state index contributed by atoms with van der Waals surface area (Å²) >= 11 is 0. The summed E-state index contributed by atoms with van der Waals surface area (Å²) in [6, 6.07) is 4.24. The number of amides is 2. The highest BCUT2D eigenvalue weighted by Crippen LogP contribution is 2.05. The number of hydrogen-bond acceptors (Lipinski definition) is 2. The molecule has 5 nitrogen and oxygen atoms in total. The first-order valence-electron chi connectivity index (χ1n) is 6.40. The third-order valence-corrected chi connectivity index (χ3v) is 2.68. The van der Waals surface area contributed by atoms with Gasteiger partial charge in [0.05, 0.1) is 0 Å². The number of benzene rings is 1. The van der Waals surface area contributed by atoms with Crippen LogP contribution in [0.2, 0.25) is 0 Å². The Labute approximate surface area is 117 Å². The number of carboxylic acid groups (broad SMARTS) is 1. The predicted octanol–water partition coefficient (Wildman–Crippen LogP) is 2.12. The lowest BCUT2D eigenvalue weighted by Crippen LogP contribution is -2.46. The molecule has 0 unspecified atom stereocenters. The van der Waals surface area contributed by atoms with Crippen LogP contribution in [0.5, 0.6) is 0 Å². The number of hydrogen-bond donors (Lipinski definition) is 3. The zero-order valence-corrected chi connectivity index (χ0v) is 11.5. The summed E-state index contributed by atoms with van der Waals surface area (Å²) in [6.45, 7) is 3.97. The number of carbonyl (C=O) groups excluding carboxylic acids is 1. The van der Waals surface area contributed by atoms with Gasteiger partial charge in [0, 0.05) is 6.54 Å². The lowest BCUT2D eigenvalue weighted by Gasteiger charge is -2.16. The average Bonchev–Trinajstić information content (AvgIpc) is 2.36. The van der Waals surface area contributed by atoms with Crippen LogP contribution >= 0.6 is 0 Å². The third kappa shape index (κ3) is 5.69. The third-order valence-electron chi connectivity index (χ3n) is 2.68. The average molecular weight is 282 g/mol. The second-order valence-corrected chi connectivity index (χ2v) is 4.97. The van der Waals surface area contributed by atoms with Crippen molar-refractivity contribution in [1.29, 1.82) is 0 Å². The van der Waals surface area contributed by atoms with Gasteiger partial charge in [-0.2, -0.15) is 0 Å². The summed E-state index contributed by atoms with van der Waals surface area (Å²) in [7, 11) is 0. The molecule has 0 aromatic heterocycles. The maximum absolute atomic E-state index is 12.7. The van der Waals surface area contributed by atoms with Gasteiger partial charge < -0.3 is 15.7 Å². The van der Waals surface area contributed by atoms with E-state index in [0.717, 1.165) is 5.56 Å². The van der Waals surface area contributed by atoms with Crippen LogP contribution in [0.1, 0.15) is 25.8 Å². The van der Waals surface area contributed by atoms with Crippen LogP contribution in [-0.2, 0) is 11.3 Å². The zero-order valence-electron chi connectivity index (χ0n) is 11.5. The molecule has 1 aromatic rings. The lowest BCUT2D eigenvalue weighted by molar-refractivity contribution is -0.139. The number of halogens is 1. The Bertz CT molecular complexity index is 460. The number of rotatable bonds is 6. The first-order valence-corrected chi connectivity index (χ1v) is 6.40. The van der Waals surface area contributed by atoms with Crippen LogP contribution in [-0.4, -0.2) is 23.1 Å². The standard InChI is InChI=1S/C14H19FN2O3/c1-9(2)7-12(13(18)19)17-14(20)16-8-10-3-5-11(15)6-4-10/h3-6,9,12H,7-8H2,1-2H3,(H,18,19)(H2,16,17,20)/t12-/m0/s1. The Morgan fingerprint density at radius 2 is 1.85 bits per heavy atom. The maximum atomic E-state index is 12.7. The number of urea groups is 1. The molecule has 2 amide bonds. The highest BCUT2D eigenvalue weighted by atomic mass is 19.1. The van der Waals surface area contributed by atoms with E-state index in [1.54, 1.807) is 12.1 Å². The molecule has 0 saturated carbocycles. The molecule has 0 radical (unpaired) electrons.